The SMILES string of the molecule is CCN(CCC(=O)N1CCOCC1)c1ccccc1. The first-order chi connectivity index (χ1) is 9.31. The summed E-state index contributed by atoms with van der Waals surface area (Å²) in [7, 11) is 0. The lowest BCUT2D eigenvalue weighted by atomic mass is 10.2. The number of rotatable bonds is 5. The molecule has 1 fully saturated rings. The van der Waals surface area contributed by atoms with E-state index < -0.39 is 0 Å². The Morgan fingerprint density at radius 3 is 2.58 bits per heavy atom. The molecule has 0 aromatic heterocycles. The lowest BCUT2D eigenvalue weighted by Crippen LogP contribution is -2.42. The average molecular weight is 262 g/mol. The minimum Gasteiger partial charge on any atom is -0.378 e. The van der Waals surface area contributed by atoms with E-state index in [-0.39, 0.29) is 5.91 Å². The third-order valence-electron chi connectivity index (χ3n) is 3.46. The number of carbonyl (C=O) groups is 1. The van der Waals surface area contributed by atoms with Crippen LogP contribution in [0, 0.1) is 0 Å². The quantitative estimate of drug-likeness (QED) is 0.810. The van der Waals surface area contributed by atoms with E-state index in [9.17, 15) is 4.79 Å². The zero-order valence-electron chi connectivity index (χ0n) is 11.5. The summed E-state index contributed by atoms with van der Waals surface area (Å²) in [5.41, 5.74) is 1.18. The van der Waals surface area contributed by atoms with Crippen LogP contribution >= 0.6 is 0 Å². The summed E-state index contributed by atoms with van der Waals surface area (Å²) in [6, 6.07) is 10.2. The lowest BCUT2D eigenvalue weighted by Gasteiger charge is -2.28. The maximum Gasteiger partial charge on any atom is 0.224 e. The number of ether oxygens (including phenoxy) is 1. The summed E-state index contributed by atoms with van der Waals surface area (Å²) in [6.45, 7) is 6.61. The fourth-order valence-electron chi connectivity index (χ4n) is 2.31. The maximum absolute atomic E-state index is 12.1. The van der Waals surface area contributed by atoms with Crippen LogP contribution in [-0.2, 0) is 9.53 Å². The average Bonchev–Trinajstić information content (AvgIpc) is 2.49. The first kappa shape index (κ1) is 13.9. The summed E-state index contributed by atoms with van der Waals surface area (Å²) in [5.74, 6) is 0.234. The van der Waals surface area contributed by atoms with E-state index in [0.29, 0.717) is 19.6 Å². The van der Waals surface area contributed by atoms with Gasteiger partial charge in [-0.25, -0.2) is 0 Å². The molecule has 1 saturated heterocycles. The van der Waals surface area contributed by atoms with Crippen molar-refractivity contribution in [1.29, 1.82) is 0 Å². The van der Waals surface area contributed by atoms with Crippen LogP contribution in [0.1, 0.15) is 13.3 Å². The zero-order chi connectivity index (χ0) is 13.5. The molecule has 1 aliphatic heterocycles. The van der Waals surface area contributed by atoms with Crippen molar-refractivity contribution < 1.29 is 9.53 Å². The number of anilines is 1. The van der Waals surface area contributed by atoms with Gasteiger partial charge in [0.05, 0.1) is 13.2 Å². The van der Waals surface area contributed by atoms with Gasteiger partial charge in [0, 0.05) is 38.3 Å². The third-order valence-corrected chi connectivity index (χ3v) is 3.46. The minimum absolute atomic E-state index is 0.234. The van der Waals surface area contributed by atoms with Gasteiger partial charge in [0.2, 0.25) is 5.91 Å². The van der Waals surface area contributed by atoms with Crippen LogP contribution in [0.25, 0.3) is 0 Å². The van der Waals surface area contributed by atoms with Crippen molar-refractivity contribution in [2.24, 2.45) is 0 Å². The van der Waals surface area contributed by atoms with Gasteiger partial charge in [-0.1, -0.05) is 18.2 Å². The van der Waals surface area contributed by atoms with Crippen molar-refractivity contribution in [2.75, 3.05) is 44.3 Å². The molecule has 0 atom stereocenters. The van der Waals surface area contributed by atoms with E-state index in [0.717, 1.165) is 26.2 Å². The number of para-hydroxylation sites is 1. The molecule has 0 aliphatic carbocycles. The Labute approximate surface area is 115 Å². The molecule has 1 aromatic carbocycles. The van der Waals surface area contributed by atoms with Gasteiger partial charge in [-0.05, 0) is 19.1 Å². The predicted octanol–water partition coefficient (Wildman–Crippen LogP) is 1.76. The Hall–Kier alpha value is -1.55. The van der Waals surface area contributed by atoms with Crippen molar-refractivity contribution in [3.8, 4) is 0 Å². The molecule has 1 aliphatic rings. The summed E-state index contributed by atoms with van der Waals surface area (Å²) in [5, 5.41) is 0. The highest BCUT2D eigenvalue weighted by Gasteiger charge is 2.17. The molecule has 104 valence electrons. The molecule has 4 heteroatoms. The van der Waals surface area contributed by atoms with Crippen LogP contribution in [0.4, 0.5) is 5.69 Å². The van der Waals surface area contributed by atoms with Gasteiger partial charge < -0.3 is 14.5 Å². The summed E-state index contributed by atoms with van der Waals surface area (Å²) in [4.78, 5) is 16.2. The normalized spacial score (nSPS) is 15.3. The molecule has 1 amide bonds. The van der Waals surface area contributed by atoms with Gasteiger partial charge in [0.15, 0.2) is 0 Å². The van der Waals surface area contributed by atoms with E-state index in [2.05, 4.69) is 24.0 Å². The number of morpholine rings is 1. The highest BCUT2D eigenvalue weighted by Crippen LogP contribution is 2.13. The van der Waals surface area contributed by atoms with Gasteiger partial charge in [-0.15, -0.1) is 0 Å². The highest BCUT2D eigenvalue weighted by atomic mass is 16.5. The molecule has 0 unspecified atom stereocenters. The van der Waals surface area contributed by atoms with Crippen LogP contribution in [-0.4, -0.2) is 50.2 Å². The molecule has 0 radical (unpaired) electrons. The molecule has 0 bridgehead atoms. The van der Waals surface area contributed by atoms with Crippen LogP contribution < -0.4 is 4.90 Å². The van der Waals surface area contributed by atoms with Crippen LogP contribution in [0.3, 0.4) is 0 Å². The highest BCUT2D eigenvalue weighted by molar-refractivity contribution is 5.77. The Morgan fingerprint density at radius 2 is 1.95 bits per heavy atom. The number of benzene rings is 1. The number of hydrogen-bond donors (Lipinski definition) is 0. The fraction of sp³-hybridized carbons (Fsp3) is 0.533. The minimum atomic E-state index is 0.234. The van der Waals surface area contributed by atoms with E-state index >= 15 is 0 Å². The van der Waals surface area contributed by atoms with Crippen molar-refractivity contribution in [3.05, 3.63) is 30.3 Å². The monoisotopic (exact) mass is 262 g/mol. The lowest BCUT2D eigenvalue weighted by molar-refractivity contribution is -0.135. The molecular formula is C15H22N2O2. The largest absolute Gasteiger partial charge is 0.378 e. The molecule has 4 nitrogen and oxygen atoms in total. The van der Waals surface area contributed by atoms with Gasteiger partial charge in [0.25, 0.3) is 0 Å². The smallest absolute Gasteiger partial charge is 0.224 e. The Balaban J connectivity index is 1.84. The first-order valence-electron chi connectivity index (χ1n) is 6.96. The van der Waals surface area contributed by atoms with Gasteiger partial charge >= 0.3 is 0 Å². The molecule has 1 aromatic rings. The molecular weight excluding hydrogens is 240 g/mol. The topological polar surface area (TPSA) is 32.8 Å². The number of amides is 1. The van der Waals surface area contributed by atoms with Crippen molar-refractivity contribution in [2.45, 2.75) is 13.3 Å². The Morgan fingerprint density at radius 1 is 1.26 bits per heavy atom. The van der Waals surface area contributed by atoms with Gasteiger partial charge in [0.1, 0.15) is 0 Å². The molecule has 0 saturated carbocycles. The van der Waals surface area contributed by atoms with Gasteiger partial charge in [-0.3, -0.25) is 4.79 Å². The fourth-order valence-corrected chi connectivity index (χ4v) is 2.31. The molecule has 0 spiro atoms. The van der Waals surface area contributed by atoms with Crippen molar-refractivity contribution in [1.82, 2.24) is 4.90 Å². The molecule has 2 rings (SSSR count). The van der Waals surface area contributed by atoms with Crippen molar-refractivity contribution >= 4 is 11.6 Å². The zero-order valence-corrected chi connectivity index (χ0v) is 11.5. The van der Waals surface area contributed by atoms with Crippen LogP contribution in [0.5, 0.6) is 0 Å². The summed E-state index contributed by atoms with van der Waals surface area (Å²) >= 11 is 0. The van der Waals surface area contributed by atoms with Crippen LogP contribution in [0.15, 0.2) is 30.3 Å². The second-order valence-corrected chi connectivity index (χ2v) is 4.66. The predicted molar refractivity (Wildman–Crippen MR) is 76.3 cm³/mol. The van der Waals surface area contributed by atoms with Crippen LogP contribution in [0.2, 0.25) is 0 Å². The van der Waals surface area contributed by atoms with E-state index in [1.807, 2.05) is 23.1 Å². The third kappa shape index (κ3) is 3.96. The molecule has 1 heterocycles. The number of nitrogens with zero attached hydrogens (tertiary/aromatic N) is 2. The van der Waals surface area contributed by atoms with E-state index in [1.165, 1.54) is 5.69 Å². The van der Waals surface area contributed by atoms with Crippen molar-refractivity contribution in [3.63, 3.8) is 0 Å². The maximum atomic E-state index is 12.1. The molecule has 19 heavy (non-hydrogen) atoms. The molecule has 0 N–H and O–H groups in total. The first-order valence-corrected chi connectivity index (χ1v) is 6.96. The number of hydrogen-bond acceptors (Lipinski definition) is 3. The standard InChI is InChI=1S/C15H22N2O2/c1-2-16(14-6-4-3-5-7-14)9-8-15(18)17-10-12-19-13-11-17/h3-7H,2,8-13H2,1H3. The Kier molecular flexibility index (Phi) is 5.21. The summed E-state index contributed by atoms with van der Waals surface area (Å²) < 4.78 is 5.26. The van der Waals surface area contributed by atoms with Gasteiger partial charge in [-0.2, -0.15) is 0 Å². The van der Waals surface area contributed by atoms with E-state index in [1.54, 1.807) is 0 Å². The second kappa shape index (κ2) is 7.14. The number of carbonyl (C=O) groups excluding carboxylic acids is 1. The Bertz CT molecular complexity index is 388. The second-order valence-electron chi connectivity index (χ2n) is 4.66. The van der Waals surface area contributed by atoms with E-state index in [4.69, 9.17) is 4.74 Å². The summed E-state index contributed by atoms with van der Waals surface area (Å²) in [6.07, 6.45) is 0.572.